The number of nitrogens with zero attached hydrogens (tertiary/aromatic N) is 1. The summed E-state index contributed by atoms with van der Waals surface area (Å²) in [4.78, 5) is 12.7. The van der Waals surface area contributed by atoms with Crippen molar-refractivity contribution in [1.29, 1.82) is 0 Å². The van der Waals surface area contributed by atoms with E-state index in [4.69, 9.17) is 4.74 Å². The fourth-order valence-electron chi connectivity index (χ4n) is 2.59. The minimum absolute atomic E-state index is 0. The second kappa shape index (κ2) is 10.1. The van der Waals surface area contributed by atoms with E-state index in [9.17, 15) is 18.0 Å². The summed E-state index contributed by atoms with van der Waals surface area (Å²) in [6, 6.07) is 5.53. The van der Waals surface area contributed by atoms with Crippen LogP contribution in [0.2, 0.25) is 0 Å². The molecule has 1 N–H and O–H groups in total. The van der Waals surface area contributed by atoms with Crippen LogP contribution in [0.5, 0.6) is 5.75 Å². The third-order valence-electron chi connectivity index (χ3n) is 3.54. The molecular weight excluding hydrogens is 368 g/mol. The van der Waals surface area contributed by atoms with Crippen LogP contribution in [0.4, 0.5) is 13.2 Å². The summed E-state index contributed by atoms with van der Waals surface area (Å²) in [7, 11) is 0. The molecular formula is C15H21Cl2F3N2O2. The molecule has 138 valence electrons. The molecule has 1 saturated heterocycles. The van der Waals surface area contributed by atoms with Crippen molar-refractivity contribution in [3.05, 3.63) is 29.8 Å². The summed E-state index contributed by atoms with van der Waals surface area (Å²) in [5.41, 5.74) is 0.579. The van der Waals surface area contributed by atoms with Crippen molar-refractivity contribution in [2.75, 3.05) is 26.2 Å². The van der Waals surface area contributed by atoms with Crippen LogP contribution in [0.1, 0.15) is 24.9 Å². The molecule has 1 aliphatic heterocycles. The molecule has 1 atom stereocenters. The normalized spacial score (nSPS) is 16.5. The zero-order valence-corrected chi connectivity index (χ0v) is 14.8. The standard InChI is InChI=1S/C15H19F3N2O2.2ClH/c1-11(21)22-13-4-2-12(3-5-13)14(10-15(16,17)18)20-8-6-19-7-9-20;;/h2-5,14,19H,6-10H2,1H3;2*1H/t14-;;/m0../s1. The molecule has 0 aliphatic carbocycles. The number of piperazine rings is 1. The zero-order chi connectivity index (χ0) is 16.2. The summed E-state index contributed by atoms with van der Waals surface area (Å²) in [5, 5.41) is 3.13. The van der Waals surface area contributed by atoms with E-state index in [2.05, 4.69) is 5.32 Å². The van der Waals surface area contributed by atoms with Crippen LogP contribution in [0.15, 0.2) is 24.3 Å². The Kier molecular flexibility index (Phi) is 9.65. The van der Waals surface area contributed by atoms with E-state index in [0.717, 1.165) is 0 Å². The molecule has 9 heteroatoms. The van der Waals surface area contributed by atoms with Gasteiger partial charge in [-0.1, -0.05) is 12.1 Å². The van der Waals surface area contributed by atoms with E-state index in [0.29, 0.717) is 37.5 Å². The molecule has 1 heterocycles. The Morgan fingerprint density at radius 1 is 1.21 bits per heavy atom. The number of hydrogen-bond donors (Lipinski definition) is 1. The Balaban J connectivity index is 0.00000264. The SMILES string of the molecule is CC(=O)Oc1ccc([C@H](CC(F)(F)F)N2CCNCC2)cc1.Cl.Cl. The predicted molar refractivity (Wildman–Crippen MR) is 90.1 cm³/mol. The number of halogens is 5. The van der Waals surface area contributed by atoms with E-state index in [-0.39, 0.29) is 24.8 Å². The summed E-state index contributed by atoms with van der Waals surface area (Å²) in [6.07, 6.45) is -5.12. The predicted octanol–water partition coefficient (Wildman–Crippen LogP) is 3.35. The number of hydrogen-bond acceptors (Lipinski definition) is 4. The molecule has 1 fully saturated rings. The molecule has 0 aromatic heterocycles. The number of alkyl halides is 3. The maximum Gasteiger partial charge on any atom is 0.390 e. The Labute approximate surface area is 151 Å². The van der Waals surface area contributed by atoms with Crippen LogP contribution in [-0.4, -0.2) is 43.2 Å². The molecule has 0 radical (unpaired) electrons. The number of nitrogens with one attached hydrogen (secondary N) is 1. The highest BCUT2D eigenvalue weighted by Gasteiger charge is 2.35. The molecule has 0 spiro atoms. The number of carbonyl (C=O) groups is 1. The first-order valence-electron chi connectivity index (χ1n) is 7.15. The van der Waals surface area contributed by atoms with Crippen LogP contribution in [0, 0.1) is 0 Å². The van der Waals surface area contributed by atoms with Crippen molar-refractivity contribution in [3.63, 3.8) is 0 Å². The highest BCUT2D eigenvalue weighted by atomic mass is 35.5. The first-order chi connectivity index (χ1) is 10.3. The summed E-state index contributed by atoms with van der Waals surface area (Å²) in [5.74, 6) is -0.121. The van der Waals surface area contributed by atoms with Gasteiger partial charge in [0.05, 0.1) is 6.42 Å². The van der Waals surface area contributed by atoms with Gasteiger partial charge in [-0.05, 0) is 17.7 Å². The number of esters is 1. The third kappa shape index (κ3) is 7.25. The van der Waals surface area contributed by atoms with Crippen LogP contribution >= 0.6 is 24.8 Å². The fourth-order valence-corrected chi connectivity index (χ4v) is 2.59. The molecule has 24 heavy (non-hydrogen) atoms. The molecule has 0 unspecified atom stereocenters. The van der Waals surface area contributed by atoms with E-state index in [1.54, 1.807) is 12.1 Å². The molecule has 1 aromatic rings. The minimum atomic E-state index is -4.23. The van der Waals surface area contributed by atoms with Gasteiger partial charge in [-0.25, -0.2) is 0 Å². The Morgan fingerprint density at radius 2 is 1.75 bits per heavy atom. The topological polar surface area (TPSA) is 41.6 Å². The van der Waals surface area contributed by atoms with Gasteiger partial charge in [-0.2, -0.15) is 13.2 Å². The van der Waals surface area contributed by atoms with E-state index < -0.39 is 24.6 Å². The van der Waals surface area contributed by atoms with E-state index >= 15 is 0 Å². The van der Waals surface area contributed by atoms with Crippen molar-refractivity contribution in [1.82, 2.24) is 10.2 Å². The van der Waals surface area contributed by atoms with Gasteiger partial charge in [0.1, 0.15) is 5.75 Å². The van der Waals surface area contributed by atoms with Crippen molar-refractivity contribution < 1.29 is 22.7 Å². The van der Waals surface area contributed by atoms with Crippen molar-refractivity contribution >= 4 is 30.8 Å². The molecule has 1 aliphatic rings. The summed E-state index contributed by atoms with van der Waals surface area (Å²) < 4.78 is 43.6. The second-order valence-corrected chi connectivity index (χ2v) is 5.28. The van der Waals surface area contributed by atoms with Gasteiger partial charge in [-0.15, -0.1) is 24.8 Å². The van der Waals surface area contributed by atoms with Gasteiger partial charge in [0.25, 0.3) is 0 Å². The largest absolute Gasteiger partial charge is 0.427 e. The van der Waals surface area contributed by atoms with Gasteiger partial charge < -0.3 is 10.1 Å². The van der Waals surface area contributed by atoms with Gasteiger partial charge in [0.2, 0.25) is 0 Å². The van der Waals surface area contributed by atoms with Crippen LogP contribution in [0.25, 0.3) is 0 Å². The lowest BCUT2D eigenvalue weighted by Gasteiger charge is -2.35. The Bertz CT molecular complexity index is 506. The smallest absolute Gasteiger partial charge is 0.390 e. The molecule has 0 saturated carbocycles. The van der Waals surface area contributed by atoms with Gasteiger partial charge in [0, 0.05) is 39.1 Å². The number of ether oxygens (including phenoxy) is 1. The maximum absolute atomic E-state index is 12.9. The highest BCUT2D eigenvalue weighted by molar-refractivity contribution is 5.85. The van der Waals surface area contributed by atoms with Crippen molar-refractivity contribution in [2.45, 2.75) is 25.6 Å². The van der Waals surface area contributed by atoms with Crippen LogP contribution in [-0.2, 0) is 4.79 Å². The number of carbonyl (C=O) groups excluding carboxylic acids is 1. The first-order valence-corrected chi connectivity index (χ1v) is 7.15. The Hall–Kier alpha value is -1.02. The van der Waals surface area contributed by atoms with Crippen LogP contribution in [0.3, 0.4) is 0 Å². The lowest BCUT2D eigenvalue weighted by atomic mass is 10.0. The minimum Gasteiger partial charge on any atom is -0.427 e. The fraction of sp³-hybridized carbons (Fsp3) is 0.533. The number of rotatable bonds is 4. The molecule has 0 bridgehead atoms. The summed E-state index contributed by atoms with van der Waals surface area (Å²) in [6.45, 7) is 3.79. The lowest BCUT2D eigenvalue weighted by Crippen LogP contribution is -2.46. The zero-order valence-electron chi connectivity index (χ0n) is 13.1. The van der Waals surface area contributed by atoms with Crippen molar-refractivity contribution in [3.8, 4) is 5.75 Å². The molecule has 1 aromatic carbocycles. The number of benzene rings is 1. The lowest BCUT2D eigenvalue weighted by molar-refractivity contribution is -0.148. The summed E-state index contributed by atoms with van der Waals surface area (Å²) >= 11 is 0. The maximum atomic E-state index is 12.9. The average molecular weight is 389 g/mol. The van der Waals surface area contributed by atoms with Crippen molar-refractivity contribution in [2.24, 2.45) is 0 Å². The Morgan fingerprint density at radius 3 is 2.21 bits per heavy atom. The first kappa shape index (κ1) is 23.0. The molecule has 2 rings (SSSR count). The molecule has 0 amide bonds. The van der Waals surface area contributed by atoms with Gasteiger partial charge in [-0.3, -0.25) is 9.69 Å². The molecule has 4 nitrogen and oxygen atoms in total. The quantitative estimate of drug-likeness (QED) is 0.634. The highest BCUT2D eigenvalue weighted by Crippen LogP contribution is 2.34. The van der Waals surface area contributed by atoms with Gasteiger partial charge in [0.15, 0.2) is 0 Å². The van der Waals surface area contributed by atoms with Gasteiger partial charge >= 0.3 is 12.1 Å². The third-order valence-corrected chi connectivity index (χ3v) is 3.54. The van der Waals surface area contributed by atoms with Crippen LogP contribution < -0.4 is 10.1 Å². The second-order valence-electron chi connectivity index (χ2n) is 5.28. The monoisotopic (exact) mass is 388 g/mol. The average Bonchev–Trinajstić information content (AvgIpc) is 2.45. The van der Waals surface area contributed by atoms with E-state index in [1.165, 1.54) is 19.1 Å². The van der Waals surface area contributed by atoms with E-state index in [1.807, 2.05) is 4.90 Å².